The highest BCUT2D eigenvalue weighted by Gasteiger charge is 2.09. The SMILES string of the molecule is CCOCCNC(=O)c1ccc(C)cc1NC. The minimum absolute atomic E-state index is 0.0750. The van der Waals surface area contributed by atoms with E-state index in [1.54, 1.807) is 0 Å². The predicted molar refractivity (Wildman–Crippen MR) is 69.6 cm³/mol. The topological polar surface area (TPSA) is 50.4 Å². The number of carbonyl (C=O) groups excluding carboxylic acids is 1. The van der Waals surface area contributed by atoms with Crippen molar-refractivity contribution >= 4 is 11.6 Å². The van der Waals surface area contributed by atoms with Gasteiger partial charge in [0.1, 0.15) is 0 Å². The molecule has 1 aromatic carbocycles. The van der Waals surface area contributed by atoms with Gasteiger partial charge in [0.2, 0.25) is 0 Å². The third kappa shape index (κ3) is 4.07. The first kappa shape index (κ1) is 13.5. The van der Waals surface area contributed by atoms with Crippen LogP contribution in [0.3, 0.4) is 0 Å². The summed E-state index contributed by atoms with van der Waals surface area (Å²) in [5, 5.41) is 5.85. The van der Waals surface area contributed by atoms with E-state index in [4.69, 9.17) is 4.74 Å². The van der Waals surface area contributed by atoms with E-state index >= 15 is 0 Å². The van der Waals surface area contributed by atoms with Crippen molar-refractivity contribution in [3.8, 4) is 0 Å². The Hall–Kier alpha value is -1.55. The molecule has 94 valence electrons. The number of ether oxygens (including phenoxy) is 1. The van der Waals surface area contributed by atoms with Crippen LogP contribution >= 0.6 is 0 Å². The van der Waals surface area contributed by atoms with E-state index in [0.717, 1.165) is 11.3 Å². The molecule has 1 aromatic rings. The van der Waals surface area contributed by atoms with Crippen LogP contribution in [0.15, 0.2) is 18.2 Å². The zero-order chi connectivity index (χ0) is 12.7. The highest BCUT2D eigenvalue weighted by atomic mass is 16.5. The minimum Gasteiger partial charge on any atom is -0.387 e. The molecule has 0 saturated heterocycles. The molecule has 0 aliphatic rings. The molecule has 4 nitrogen and oxygen atoms in total. The van der Waals surface area contributed by atoms with Crippen molar-refractivity contribution in [2.45, 2.75) is 13.8 Å². The molecule has 0 unspecified atom stereocenters. The molecular weight excluding hydrogens is 216 g/mol. The maximum atomic E-state index is 11.9. The molecule has 1 amide bonds. The van der Waals surface area contributed by atoms with Crippen LogP contribution in [-0.4, -0.2) is 32.7 Å². The predicted octanol–water partition coefficient (Wildman–Crippen LogP) is 1.80. The first-order valence-electron chi connectivity index (χ1n) is 5.83. The molecule has 0 heterocycles. The quantitative estimate of drug-likeness (QED) is 0.741. The highest BCUT2D eigenvalue weighted by Crippen LogP contribution is 2.16. The summed E-state index contributed by atoms with van der Waals surface area (Å²) in [5.41, 5.74) is 2.63. The molecule has 17 heavy (non-hydrogen) atoms. The number of amides is 1. The van der Waals surface area contributed by atoms with Gasteiger partial charge < -0.3 is 15.4 Å². The summed E-state index contributed by atoms with van der Waals surface area (Å²) < 4.78 is 5.17. The smallest absolute Gasteiger partial charge is 0.253 e. The van der Waals surface area contributed by atoms with Gasteiger partial charge in [0.15, 0.2) is 0 Å². The second-order valence-electron chi connectivity index (χ2n) is 3.75. The Morgan fingerprint density at radius 1 is 1.41 bits per heavy atom. The number of rotatable bonds is 6. The maximum Gasteiger partial charge on any atom is 0.253 e. The lowest BCUT2D eigenvalue weighted by Gasteiger charge is -2.10. The summed E-state index contributed by atoms with van der Waals surface area (Å²) in [7, 11) is 1.81. The molecule has 0 aliphatic heterocycles. The van der Waals surface area contributed by atoms with Crippen LogP contribution in [0, 0.1) is 6.92 Å². The molecule has 0 aliphatic carbocycles. The van der Waals surface area contributed by atoms with E-state index < -0.39 is 0 Å². The Morgan fingerprint density at radius 2 is 2.18 bits per heavy atom. The van der Waals surface area contributed by atoms with Gasteiger partial charge in [0, 0.05) is 25.9 Å². The van der Waals surface area contributed by atoms with Gasteiger partial charge in [-0.3, -0.25) is 4.79 Å². The molecule has 0 fully saturated rings. The van der Waals surface area contributed by atoms with Crippen molar-refractivity contribution in [3.05, 3.63) is 29.3 Å². The summed E-state index contributed by atoms with van der Waals surface area (Å²) in [6, 6.07) is 5.72. The molecule has 0 aromatic heterocycles. The average molecular weight is 236 g/mol. The number of anilines is 1. The van der Waals surface area contributed by atoms with Crippen LogP contribution in [-0.2, 0) is 4.74 Å². The van der Waals surface area contributed by atoms with Crippen LogP contribution in [0.4, 0.5) is 5.69 Å². The molecule has 0 atom stereocenters. The highest BCUT2D eigenvalue weighted by molar-refractivity contribution is 5.99. The van der Waals surface area contributed by atoms with Crippen molar-refractivity contribution in [1.29, 1.82) is 0 Å². The molecule has 0 bridgehead atoms. The average Bonchev–Trinajstić information content (AvgIpc) is 2.34. The fourth-order valence-corrected chi connectivity index (χ4v) is 1.54. The molecule has 0 saturated carbocycles. The van der Waals surface area contributed by atoms with Gasteiger partial charge in [-0.15, -0.1) is 0 Å². The summed E-state index contributed by atoms with van der Waals surface area (Å²) in [5.74, 6) is -0.0750. The van der Waals surface area contributed by atoms with Crippen LogP contribution in [0.2, 0.25) is 0 Å². The van der Waals surface area contributed by atoms with E-state index in [-0.39, 0.29) is 5.91 Å². The molecular formula is C13H20N2O2. The third-order valence-electron chi connectivity index (χ3n) is 2.43. The number of aryl methyl sites for hydroxylation is 1. The summed E-state index contributed by atoms with van der Waals surface area (Å²) in [6.45, 7) is 5.67. The Kier molecular flexibility index (Phi) is 5.49. The third-order valence-corrected chi connectivity index (χ3v) is 2.43. The zero-order valence-corrected chi connectivity index (χ0v) is 10.7. The lowest BCUT2D eigenvalue weighted by Crippen LogP contribution is -2.27. The Bertz CT molecular complexity index is 378. The van der Waals surface area contributed by atoms with Gasteiger partial charge >= 0.3 is 0 Å². The van der Waals surface area contributed by atoms with E-state index in [1.807, 2.05) is 39.1 Å². The Morgan fingerprint density at radius 3 is 2.82 bits per heavy atom. The molecule has 4 heteroatoms. The van der Waals surface area contributed by atoms with Crippen molar-refractivity contribution in [2.75, 3.05) is 32.1 Å². The van der Waals surface area contributed by atoms with Gasteiger partial charge in [-0.1, -0.05) is 6.07 Å². The van der Waals surface area contributed by atoms with E-state index in [0.29, 0.717) is 25.3 Å². The first-order valence-corrected chi connectivity index (χ1v) is 5.83. The van der Waals surface area contributed by atoms with Gasteiger partial charge in [0.25, 0.3) is 5.91 Å². The summed E-state index contributed by atoms with van der Waals surface area (Å²) in [6.07, 6.45) is 0. The summed E-state index contributed by atoms with van der Waals surface area (Å²) >= 11 is 0. The fourth-order valence-electron chi connectivity index (χ4n) is 1.54. The van der Waals surface area contributed by atoms with Crippen LogP contribution in [0.1, 0.15) is 22.8 Å². The normalized spacial score (nSPS) is 10.1. The van der Waals surface area contributed by atoms with Gasteiger partial charge in [-0.2, -0.15) is 0 Å². The second-order valence-corrected chi connectivity index (χ2v) is 3.75. The fraction of sp³-hybridized carbons (Fsp3) is 0.462. The minimum atomic E-state index is -0.0750. The van der Waals surface area contributed by atoms with Gasteiger partial charge in [-0.25, -0.2) is 0 Å². The number of hydrogen-bond acceptors (Lipinski definition) is 3. The van der Waals surface area contributed by atoms with Gasteiger partial charge in [-0.05, 0) is 31.5 Å². The van der Waals surface area contributed by atoms with Crippen LogP contribution in [0.25, 0.3) is 0 Å². The Balaban J connectivity index is 2.62. The number of nitrogens with one attached hydrogen (secondary N) is 2. The molecule has 0 spiro atoms. The molecule has 2 N–H and O–H groups in total. The van der Waals surface area contributed by atoms with Gasteiger partial charge in [0.05, 0.1) is 12.2 Å². The summed E-state index contributed by atoms with van der Waals surface area (Å²) in [4.78, 5) is 11.9. The number of hydrogen-bond donors (Lipinski definition) is 2. The Labute approximate surface area is 102 Å². The van der Waals surface area contributed by atoms with Crippen LogP contribution < -0.4 is 10.6 Å². The molecule has 0 radical (unpaired) electrons. The first-order chi connectivity index (χ1) is 8.19. The van der Waals surface area contributed by atoms with E-state index in [1.165, 1.54) is 0 Å². The largest absolute Gasteiger partial charge is 0.387 e. The molecule has 1 rings (SSSR count). The van der Waals surface area contributed by atoms with E-state index in [9.17, 15) is 4.79 Å². The second kappa shape index (κ2) is 6.91. The maximum absolute atomic E-state index is 11.9. The lowest BCUT2D eigenvalue weighted by atomic mass is 10.1. The zero-order valence-electron chi connectivity index (χ0n) is 10.7. The lowest BCUT2D eigenvalue weighted by molar-refractivity contribution is 0.0923. The van der Waals surface area contributed by atoms with E-state index in [2.05, 4.69) is 10.6 Å². The monoisotopic (exact) mass is 236 g/mol. The number of carbonyl (C=O) groups is 1. The van der Waals surface area contributed by atoms with Crippen molar-refractivity contribution in [1.82, 2.24) is 5.32 Å². The van der Waals surface area contributed by atoms with Crippen molar-refractivity contribution in [3.63, 3.8) is 0 Å². The van der Waals surface area contributed by atoms with Crippen molar-refractivity contribution < 1.29 is 9.53 Å². The van der Waals surface area contributed by atoms with Crippen LogP contribution in [0.5, 0.6) is 0 Å². The number of benzene rings is 1. The van der Waals surface area contributed by atoms with Crippen molar-refractivity contribution in [2.24, 2.45) is 0 Å². The standard InChI is InChI=1S/C13H20N2O2/c1-4-17-8-7-15-13(16)11-6-5-10(2)9-12(11)14-3/h5-6,9,14H,4,7-8H2,1-3H3,(H,15,16).